The second kappa shape index (κ2) is 5.94. The minimum atomic E-state index is 0.0194. The van der Waals surface area contributed by atoms with Gasteiger partial charge in [-0.05, 0) is 24.6 Å². The molecule has 0 aliphatic carbocycles. The Balaban J connectivity index is 2.02. The maximum absolute atomic E-state index is 5.88. The van der Waals surface area contributed by atoms with E-state index in [9.17, 15) is 0 Å². The van der Waals surface area contributed by atoms with Crippen LogP contribution in [0.5, 0.6) is 5.75 Å². The van der Waals surface area contributed by atoms with E-state index in [1.165, 1.54) is 0 Å². The van der Waals surface area contributed by atoms with E-state index in [2.05, 4.69) is 31.1 Å². The van der Waals surface area contributed by atoms with Gasteiger partial charge >= 0.3 is 0 Å². The molecule has 4 heteroatoms. The minimum Gasteiger partial charge on any atom is -0.486 e. The van der Waals surface area contributed by atoms with E-state index in [0.29, 0.717) is 6.61 Å². The van der Waals surface area contributed by atoms with Crippen LogP contribution < -0.4 is 10.5 Å². The maximum Gasteiger partial charge on any atom is 0.140 e. The van der Waals surface area contributed by atoms with E-state index in [1.54, 1.807) is 11.3 Å². The van der Waals surface area contributed by atoms with Gasteiger partial charge in [-0.15, -0.1) is 11.3 Å². The Morgan fingerprint density at radius 2 is 2.10 bits per heavy atom. The first-order chi connectivity index (χ1) is 9.36. The molecular weight excluding hydrogens is 268 g/mol. The van der Waals surface area contributed by atoms with Crippen LogP contribution in [0.15, 0.2) is 29.6 Å². The lowest BCUT2D eigenvalue weighted by Crippen LogP contribution is -2.11. The highest BCUT2D eigenvalue weighted by Crippen LogP contribution is 2.25. The quantitative estimate of drug-likeness (QED) is 0.924. The van der Waals surface area contributed by atoms with Crippen LogP contribution in [0.1, 0.15) is 50.0 Å². The fourth-order valence-electron chi connectivity index (χ4n) is 1.75. The zero-order valence-electron chi connectivity index (χ0n) is 12.5. The Bertz CT molecular complexity index is 570. The summed E-state index contributed by atoms with van der Waals surface area (Å²) in [6, 6.07) is 7.94. The molecule has 0 aliphatic heterocycles. The van der Waals surface area contributed by atoms with Gasteiger partial charge in [0, 0.05) is 16.8 Å². The van der Waals surface area contributed by atoms with Crippen molar-refractivity contribution in [1.82, 2.24) is 4.98 Å². The molecule has 3 nitrogen and oxygen atoms in total. The van der Waals surface area contributed by atoms with Crippen molar-refractivity contribution in [2.75, 3.05) is 0 Å². The Kier molecular flexibility index (Phi) is 4.45. The van der Waals surface area contributed by atoms with Gasteiger partial charge in [0.1, 0.15) is 17.4 Å². The summed E-state index contributed by atoms with van der Waals surface area (Å²) in [7, 11) is 0. The average molecular weight is 290 g/mol. The number of aromatic nitrogens is 1. The molecule has 1 aromatic heterocycles. The summed E-state index contributed by atoms with van der Waals surface area (Å²) < 4.78 is 5.80. The van der Waals surface area contributed by atoms with Gasteiger partial charge in [0.25, 0.3) is 0 Å². The molecule has 0 saturated heterocycles. The van der Waals surface area contributed by atoms with Gasteiger partial charge in [0.15, 0.2) is 0 Å². The van der Waals surface area contributed by atoms with E-state index < -0.39 is 0 Å². The number of thiazole rings is 1. The highest BCUT2D eigenvalue weighted by atomic mass is 32.1. The van der Waals surface area contributed by atoms with E-state index in [-0.39, 0.29) is 11.5 Å². The molecule has 0 spiro atoms. The van der Waals surface area contributed by atoms with Crippen LogP contribution in [0, 0.1) is 0 Å². The van der Waals surface area contributed by atoms with Crippen LogP contribution in [0.2, 0.25) is 0 Å². The van der Waals surface area contributed by atoms with Crippen molar-refractivity contribution in [2.45, 2.75) is 45.8 Å². The van der Waals surface area contributed by atoms with Gasteiger partial charge in [-0.3, -0.25) is 0 Å². The largest absolute Gasteiger partial charge is 0.486 e. The van der Waals surface area contributed by atoms with Crippen molar-refractivity contribution in [3.8, 4) is 5.75 Å². The number of rotatable bonds is 4. The fourth-order valence-corrected chi connectivity index (χ4v) is 2.69. The monoisotopic (exact) mass is 290 g/mol. The molecule has 2 rings (SSSR count). The summed E-state index contributed by atoms with van der Waals surface area (Å²) in [6.45, 7) is 8.97. The van der Waals surface area contributed by atoms with Gasteiger partial charge < -0.3 is 10.5 Å². The van der Waals surface area contributed by atoms with Crippen molar-refractivity contribution in [2.24, 2.45) is 5.73 Å². The highest BCUT2D eigenvalue weighted by molar-refractivity contribution is 7.09. The lowest BCUT2D eigenvalue weighted by atomic mass is 9.93. The van der Waals surface area contributed by atoms with Gasteiger partial charge in [-0.2, -0.15) is 0 Å². The predicted molar refractivity (Wildman–Crippen MR) is 84.2 cm³/mol. The lowest BCUT2D eigenvalue weighted by Gasteiger charge is -2.14. The molecule has 0 aliphatic rings. The number of ether oxygens (including phenoxy) is 1. The molecule has 0 fully saturated rings. The first kappa shape index (κ1) is 15.0. The smallest absolute Gasteiger partial charge is 0.140 e. The Hall–Kier alpha value is -1.39. The SMILES string of the molecule is CC(N)c1cccc(OCc2nc(C(C)(C)C)cs2)c1. The molecule has 0 bridgehead atoms. The number of hydrogen-bond donors (Lipinski definition) is 1. The molecule has 1 heterocycles. The Labute approximate surface area is 124 Å². The topological polar surface area (TPSA) is 48.1 Å². The maximum atomic E-state index is 5.88. The van der Waals surface area contributed by atoms with E-state index in [1.807, 2.05) is 31.2 Å². The van der Waals surface area contributed by atoms with Crippen molar-refractivity contribution < 1.29 is 4.74 Å². The molecule has 2 aromatic rings. The molecule has 0 radical (unpaired) electrons. The molecule has 1 aromatic carbocycles. The first-order valence-electron chi connectivity index (χ1n) is 6.79. The van der Waals surface area contributed by atoms with Gasteiger partial charge in [-0.1, -0.05) is 32.9 Å². The second-order valence-electron chi connectivity index (χ2n) is 6.03. The molecule has 2 N–H and O–H groups in total. The van der Waals surface area contributed by atoms with Crippen molar-refractivity contribution in [3.63, 3.8) is 0 Å². The van der Waals surface area contributed by atoms with Crippen molar-refractivity contribution >= 4 is 11.3 Å². The normalized spacial score (nSPS) is 13.2. The van der Waals surface area contributed by atoms with Crippen LogP contribution in [0.25, 0.3) is 0 Å². The minimum absolute atomic E-state index is 0.0194. The molecule has 108 valence electrons. The number of hydrogen-bond acceptors (Lipinski definition) is 4. The van der Waals surface area contributed by atoms with Crippen LogP contribution in [0.3, 0.4) is 0 Å². The molecule has 0 amide bonds. The van der Waals surface area contributed by atoms with Crippen molar-refractivity contribution in [3.05, 3.63) is 45.9 Å². The summed E-state index contributed by atoms with van der Waals surface area (Å²) in [5, 5.41) is 3.11. The van der Waals surface area contributed by atoms with Gasteiger partial charge in [-0.25, -0.2) is 4.98 Å². The van der Waals surface area contributed by atoms with Crippen LogP contribution in [-0.4, -0.2) is 4.98 Å². The average Bonchev–Trinajstić information content (AvgIpc) is 2.85. The zero-order valence-corrected chi connectivity index (χ0v) is 13.3. The molecule has 0 saturated carbocycles. The van der Waals surface area contributed by atoms with E-state index in [0.717, 1.165) is 22.0 Å². The highest BCUT2D eigenvalue weighted by Gasteiger charge is 2.17. The number of nitrogens with zero attached hydrogens (tertiary/aromatic N) is 1. The third-order valence-electron chi connectivity index (χ3n) is 3.07. The van der Waals surface area contributed by atoms with E-state index in [4.69, 9.17) is 10.5 Å². The summed E-state index contributed by atoms with van der Waals surface area (Å²) in [4.78, 5) is 4.62. The summed E-state index contributed by atoms with van der Waals surface area (Å²) in [6.07, 6.45) is 0. The predicted octanol–water partition coefficient (Wildman–Crippen LogP) is 4.04. The standard InChI is InChI=1S/C16H22N2OS/c1-11(17)12-6-5-7-13(8-12)19-9-15-18-14(10-20-15)16(2,3)4/h5-8,10-11H,9,17H2,1-4H3. The molecular formula is C16H22N2OS. The summed E-state index contributed by atoms with van der Waals surface area (Å²) in [5.41, 5.74) is 8.16. The molecule has 1 unspecified atom stereocenters. The third-order valence-corrected chi connectivity index (χ3v) is 3.89. The molecule has 20 heavy (non-hydrogen) atoms. The Morgan fingerprint density at radius 1 is 1.35 bits per heavy atom. The first-order valence-corrected chi connectivity index (χ1v) is 7.67. The van der Waals surface area contributed by atoms with Crippen LogP contribution in [-0.2, 0) is 12.0 Å². The molecule has 1 atom stereocenters. The van der Waals surface area contributed by atoms with Crippen molar-refractivity contribution in [1.29, 1.82) is 0 Å². The number of benzene rings is 1. The van der Waals surface area contributed by atoms with Crippen LogP contribution >= 0.6 is 11.3 Å². The Morgan fingerprint density at radius 3 is 2.70 bits per heavy atom. The fraction of sp³-hybridized carbons (Fsp3) is 0.438. The summed E-state index contributed by atoms with van der Waals surface area (Å²) >= 11 is 1.65. The van der Waals surface area contributed by atoms with Gasteiger partial charge in [0.05, 0.1) is 5.69 Å². The zero-order chi connectivity index (χ0) is 14.8. The summed E-state index contributed by atoms with van der Waals surface area (Å²) in [5.74, 6) is 0.840. The van der Waals surface area contributed by atoms with Crippen LogP contribution in [0.4, 0.5) is 0 Å². The lowest BCUT2D eigenvalue weighted by molar-refractivity contribution is 0.304. The number of nitrogens with two attached hydrogens (primary N) is 1. The van der Waals surface area contributed by atoms with Gasteiger partial charge in [0.2, 0.25) is 0 Å². The second-order valence-corrected chi connectivity index (χ2v) is 6.97. The van der Waals surface area contributed by atoms with E-state index >= 15 is 0 Å². The third kappa shape index (κ3) is 3.81.